The lowest BCUT2D eigenvalue weighted by molar-refractivity contribution is 1.52. The first-order chi connectivity index (χ1) is 2.89. The van der Waals surface area contributed by atoms with Crippen LogP contribution in [0.5, 0.6) is 0 Å². The van der Waals surface area contributed by atoms with E-state index in [0.29, 0.717) is 0 Å². The summed E-state index contributed by atoms with van der Waals surface area (Å²) in [5.41, 5.74) is 0. The van der Waals surface area contributed by atoms with Crippen LogP contribution in [0.25, 0.3) is 0 Å². The molecule has 0 saturated heterocycles. The molecule has 1 rings (SSSR count). The van der Waals surface area contributed by atoms with E-state index in [4.69, 9.17) is 0 Å². The molecule has 0 nitrogen and oxygen atoms in total. The lowest BCUT2D eigenvalue weighted by atomic mass is 10.4. The van der Waals surface area contributed by atoms with Gasteiger partial charge in [0.05, 0.1) is 0 Å². The second-order valence-electron chi connectivity index (χ2n) is 1.39. The Labute approximate surface area is 39.7 Å². The third-order valence-electron chi connectivity index (χ3n) is 0.814. The summed E-state index contributed by atoms with van der Waals surface area (Å²) in [7, 11) is 1.43. The topological polar surface area (TPSA) is 0 Å². The number of rotatable bonds is 0. The molecule has 0 spiro atoms. The molecule has 0 amide bonds. The Morgan fingerprint density at radius 1 is 1.83 bits per heavy atom. The van der Waals surface area contributed by atoms with E-state index in [9.17, 15) is 0 Å². The third-order valence-corrected chi connectivity index (χ3v) is 1.80. The molecule has 1 aliphatic rings. The Hall–Kier alpha value is -0.0900. The van der Waals surface area contributed by atoms with E-state index in [0.717, 1.165) is 0 Å². The number of hydrogen-bond acceptors (Lipinski definition) is 0. The number of allylic oxidation sites excluding steroid dienone is 2. The molecule has 0 aromatic carbocycles. The minimum absolute atomic E-state index is 1.19. The van der Waals surface area contributed by atoms with Crippen molar-refractivity contribution in [2.24, 2.45) is 0 Å². The molecular weight excluding hydrogens is 91.0 g/mol. The van der Waals surface area contributed by atoms with Crippen molar-refractivity contribution >= 4 is 14.0 Å². The van der Waals surface area contributed by atoms with E-state index >= 15 is 0 Å². The van der Waals surface area contributed by atoms with Crippen LogP contribution in [0.15, 0.2) is 11.4 Å². The minimum Gasteiger partial charge on any atom is -0.0776 e. The van der Waals surface area contributed by atoms with Gasteiger partial charge in [0, 0.05) is 0 Å². The zero-order valence-corrected chi connectivity index (χ0v) is 4.70. The van der Waals surface area contributed by atoms with Crippen LogP contribution in [0, 0.1) is 0 Å². The third kappa shape index (κ3) is 0.693. The van der Waals surface area contributed by atoms with E-state index in [-0.39, 0.29) is 0 Å². The van der Waals surface area contributed by atoms with Crippen LogP contribution < -0.4 is 0 Å². The molecule has 1 aliphatic heterocycles. The van der Waals surface area contributed by atoms with Crippen LogP contribution in [0.4, 0.5) is 0 Å². The molecule has 0 atom stereocenters. The van der Waals surface area contributed by atoms with Gasteiger partial charge in [-0.3, -0.25) is 0 Å². The average molecular weight is 98.1 g/mol. The molecule has 0 aliphatic carbocycles. The first-order valence-corrected chi connectivity index (χ1v) is 3.05. The van der Waals surface area contributed by atoms with Gasteiger partial charge in [0.2, 0.25) is 0 Å². The Morgan fingerprint density at radius 3 is 2.83 bits per heavy atom. The Balaban J connectivity index is 2.68. The second-order valence-corrected chi connectivity index (χ2v) is 2.72. The average Bonchev–Trinajstić information content (AvgIpc) is 1.86. The maximum Gasteiger partial charge on any atom is -0.0113 e. The number of hydrogen-bond donors (Lipinski definition) is 0. The van der Waals surface area contributed by atoms with Gasteiger partial charge in [-0.05, 0) is 18.7 Å². The van der Waals surface area contributed by atoms with Crippen molar-refractivity contribution in [3.63, 3.8) is 0 Å². The first kappa shape index (κ1) is 4.08. The maximum atomic E-state index is 2.26. The molecule has 0 fully saturated rings. The molecule has 0 bridgehead atoms. The molecule has 0 radical (unpaired) electrons. The summed E-state index contributed by atoms with van der Waals surface area (Å²) in [6.45, 7) is 2.16. The normalized spacial score (nSPS) is 21.2. The van der Waals surface area contributed by atoms with Gasteiger partial charge in [-0.15, -0.1) is 0 Å². The SMILES string of the molecule is CC1=CCC=P1. The summed E-state index contributed by atoms with van der Waals surface area (Å²) < 4.78 is 0. The lowest BCUT2D eigenvalue weighted by Crippen LogP contribution is -1.51. The molecule has 6 heavy (non-hydrogen) atoms. The van der Waals surface area contributed by atoms with Crippen molar-refractivity contribution in [1.29, 1.82) is 0 Å². The highest BCUT2D eigenvalue weighted by Gasteiger charge is 1.85. The smallest absolute Gasteiger partial charge is 0.0113 e. The molecule has 0 aromatic heterocycles. The molecule has 0 unspecified atom stereocenters. The summed E-state index contributed by atoms with van der Waals surface area (Å²) in [6, 6.07) is 0. The minimum atomic E-state index is 1.19. The molecule has 0 N–H and O–H groups in total. The fourth-order valence-electron chi connectivity index (χ4n) is 0.473. The summed E-state index contributed by atoms with van der Waals surface area (Å²) in [4.78, 5) is 0. The molecule has 1 heterocycles. The van der Waals surface area contributed by atoms with Gasteiger partial charge in [0.1, 0.15) is 0 Å². The van der Waals surface area contributed by atoms with Crippen molar-refractivity contribution in [1.82, 2.24) is 0 Å². The van der Waals surface area contributed by atoms with Gasteiger partial charge >= 0.3 is 0 Å². The van der Waals surface area contributed by atoms with Crippen molar-refractivity contribution in [2.75, 3.05) is 0 Å². The van der Waals surface area contributed by atoms with Gasteiger partial charge < -0.3 is 0 Å². The highest BCUT2D eigenvalue weighted by Crippen LogP contribution is 2.17. The van der Waals surface area contributed by atoms with E-state index in [1.807, 2.05) is 0 Å². The quantitative estimate of drug-likeness (QED) is 0.407. The highest BCUT2D eigenvalue weighted by atomic mass is 31.1. The van der Waals surface area contributed by atoms with Crippen LogP contribution in [-0.2, 0) is 0 Å². The molecular formula is C5H7P. The van der Waals surface area contributed by atoms with E-state index in [1.165, 1.54) is 19.9 Å². The highest BCUT2D eigenvalue weighted by molar-refractivity contribution is 7.43. The standard InChI is InChI=1S/C5H7P/c1-5-3-2-4-6-5/h3-4H,2H2,1H3. The molecule has 0 aromatic rings. The fourth-order valence-corrected chi connectivity index (χ4v) is 1.18. The Bertz CT molecular complexity index is 97.8. The molecule has 1 heteroatoms. The van der Waals surface area contributed by atoms with Crippen LogP contribution in [-0.4, -0.2) is 5.80 Å². The maximum absolute atomic E-state index is 2.26. The predicted molar refractivity (Wildman–Crippen MR) is 31.4 cm³/mol. The van der Waals surface area contributed by atoms with Gasteiger partial charge in [-0.1, -0.05) is 20.1 Å². The van der Waals surface area contributed by atoms with E-state index in [1.54, 1.807) is 0 Å². The van der Waals surface area contributed by atoms with E-state index < -0.39 is 0 Å². The summed E-state index contributed by atoms with van der Waals surface area (Å²) in [6.07, 6.45) is 3.44. The van der Waals surface area contributed by atoms with Crippen molar-refractivity contribution in [3.05, 3.63) is 11.4 Å². The van der Waals surface area contributed by atoms with Gasteiger partial charge in [0.15, 0.2) is 0 Å². The van der Waals surface area contributed by atoms with Crippen LogP contribution in [0.2, 0.25) is 0 Å². The van der Waals surface area contributed by atoms with Crippen molar-refractivity contribution < 1.29 is 0 Å². The van der Waals surface area contributed by atoms with Gasteiger partial charge in [0.25, 0.3) is 0 Å². The summed E-state index contributed by atoms with van der Waals surface area (Å²) >= 11 is 0. The first-order valence-electron chi connectivity index (χ1n) is 2.09. The van der Waals surface area contributed by atoms with Gasteiger partial charge in [-0.25, -0.2) is 0 Å². The summed E-state index contributed by atoms with van der Waals surface area (Å²) in [5, 5.41) is 1.50. The lowest BCUT2D eigenvalue weighted by Gasteiger charge is -1.71. The molecule has 0 saturated carbocycles. The molecule has 32 valence electrons. The second kappa shape index (κ2) is 1.57. The zero-order chi connectivity index (χ0) is 4.41. The largest absolute Gasteiger partial charge is 0.0776 e. The van der Waals surface area contributed by atoms with Crippen LogP contribution in [0.1, 0.15) is 13.3 Å². The van der Waals surface area contributed by atoms with Crippen molar-refractivity contribution in [3.8, 4) is 0 Å². The van der Waals surface area contributed by atoms with E-state index in [2.05, 4.69) is 18.8 Å². The van der Waals surface area contributed by atoms with Crippen LogP contribution in [0.3, 0.4) is 0 Å². The van der Waals surface area contributed by atoms with Crippen LogP contribution >= 0.6 is 8.20 Å². The zero-order valence-electron chi connectivity index (χ0n) is 3.81. The van der Waals surface area contributed by atoms with Crippen molar-refractivity contribution in [2.45, 2.75) is 13.3 Å². The Kier molecular flexibility index (Phi) is 1.07. The predicted octanol–water partition coefficient (Wildman–Crippen LogP) is 2.04. The van der Waals surface area contributed by atoms with Gasteiger partial charge in [-0.2, -0.15) is 0 Å². The fraction of sp³-hybridized carbons (Fsp3) is 0.400. The summed E-state index contributed by atoms with van der Waals surface area (Å²) in [5.74, 6) is 2.26. The Morgan fingerprint density at radius 2 is 2.67 bits per heavy atom. The monoisotopic (exact) mass is 98.0 g/mol.